The topological polar surface area (TPSA) is 232 Å². The summed E-state index contributed by atoms with van der Waals surface area (Å²) in [5.74, 6) is 4.03. The number of urea groups is 1. The van der Waals surface area contributed by atoms with E-state index in [1.54, 1.807) is 50.5 Å². The molecule has 0 saturated carbocycles. The number of hydrogen-bond acceptors (Lipinski definition) is 17. The maximum absolute atomic E-state index is 13.5. The minimum Gasteiger partial charge on any atom is -0.454 e. The first kappa shape index (κ1) is 50.0. The Kier molecular flexibility index (Phi) is 15.6. The SMILES string of the molecule is Cc1cc(C2C(CC(N)=O)CCCCN2C(=O)NCCc2ccc3c(c2)OCO3)nc(-n2ccnc2)n1.Cc1cc(C2CC(c3nccs3)CCN2CCN(C)Cc2ccc3c(c2)OCO3)nc(-n2cncn2)n1. The van der Waals surface area contributed by atoms with Crippen LogP contribution in [0, 0.1) is 19.8 Å². The number of aromatic nitrogens is 10. The number of piperidine rings is 1. The Morgan fingerprint density at radius 1 is 0.824 bits per heavy atom. The summed E-state index contributed by atoms with van der Waals surface area (Å²) in [6.07, 6.45) is 15.5. The number of nitrogens with one attached hydrogen (secondary N) is 1. The number of carbonyl (C=O) groups excluding carboxylic acids is 2. The summed E-state index contributed by atoms with van der Waals surface area (Å²) in [6, 6.07) is 15.5. The number of primary amides is 1. The first-order chi connectivity index (χ1) is 36.1. The van der Waals surface area contributed by atoms with E-state index in [1.807, 2.05) is 50.4 Å². The Morgan fingerprint density at radius 2 is 1.57 bits per heavy atom. The van der Waals surface area contributed by atoms with E-state index in [2.05, 4.69) is 75.8 Å². The predicted molar refractivity (Wildman–Crippen MR) is 273 cm³/mol. The Hall–Kier alpha value is -7.56. The van der Waals surface area contributed by atoms with Gasteiger partial charge in [0.2, 0.25) is 25.4 Å². The third-order valence-electron chi connectivity index (χ3n) is 13.8. The molecule has 4 unspecified atom stereocenters. The highest BCUT2D eigenvalue weighted by atomic mass is 32.1. The van der Waals surface area contributed by atoms with E-state index in [0.29, 0.717) is 49.8 Å². The molecular weight excluding hydrogens is 963 g/mol. The predicted octanol–water partition coefficient (Wildman–Crippen LogP) is 6.27. The van der Waals surface area contributed by atoms with Crippen molar-refractivity contribution < 1.29 is 28.5 Å². The highest BCUT2D eigenvalue weighted by Gasteiger charge is 2.37. The number of ether oxygens (including phenoxy) is 4. The molecule has 2 saturated heterocycles. The fourth-order valence-corrected chi connectivity index (χ4v) is 11.0. The zero-order valence-electron chi connectivity index (χ0n) is 41.8. The summed E-state index contributed by atoms with van der Waals surface area (Å²) in [7, 11) is 2.17. The number of fused-ring (bicyclic) bond motifs is 2. The number of likely N-dealkylation sites (tertiary alicyclic amines) is 2. The van der Waals surface area contributed by atoms with Crippen LogP contribution in [0.15, 0.2) is 91.5 Å². The minimum atomic E-state index is -0.412. The van der Waals surface area contributed by atoms with Crippen molar-refractivity contribution in [1.29, 1.82) is 0 Å². The zero-order chi connectivity index (χ0) is 51.0. The minimum absolute atomic E-state index is 0.149. The Labute approximate surface area is 433 Å². The van der Waals surface area contributed by atoms with Gasteiger partial charge in [-0.15, -0.1) is 11.3 Å². The smallest absolute Gasteiger partial charge is 0.317 e. The monoisotopic (exact) mass is 1020 g/mol. The number of nitrogens with zero attached hydrogens (tertiary/aromatic N) is 13. The van der Waals surface area contributed by atoms with Gasteiger partial charge in [0.1, 0.15) is 19.0 Å². The largest absolute Gasteiger partial charge is 0.454 e. The first-order valence-corrected chi connectivity index (χ1v) is 25.9. The van der Waals surface area contributed by atoms with Crippen molar-refractivity contribution >= 4 is 23.3 Å². The van der Waals surface area contributed by atoms with Crippen LogP contribution in [0.5, 0.6) is 23.0 Å². The van der Waals surface area contributed by atoms with Crippen molar-refractivity contribution in [3.05, 3.63) is 130 Å². The number of amides is 3. The van der Waals surface area contributed by atoms with Crippen LogP contribution >= 0.6 is 11.3 Å². The van der Waals surface area contributed by atoms with Gasteiger partial charge in [-0.25, -0.2) is 39.7 Å². The molecule has 0 radical (unpaired) electrons. The van der Waals surface area contributed by atoms with Crippen molar-refractivity contribution in [2.75, 3.05) is 53.4 Å². The second kappa shape index (κ2) is 23.1. The third kappa shape index (κ3) is 12.1. The van der Waals surface area contributed by atoms with E-state index in [-0.39, 0.29) is 37.1 Å². The molecule has 4 atom stereocenters. The summed E-state index contributed by atoms with van der Waals surface area (Å²) in [6.45, 7) is 9.15. The van der Waals surface area contributed by atoms with Gasteiger partial charge in [-0.05, 0) is 113 Å². The van der Waals surface area contributed by atoms with Gasteiger partial charge in [0.05, 0.1) is 28.5 Å². The van der Waals surface area contributed by atoms with E-state index < -0.39 is 6.04 Å². The lowest BCUT2D eigenvalue weighted by atomic mass is 9.88. The van der Waals surface area contributed by atoms with Crippen molar-refractivity contribution in [2.45, 2.75) is 83.3 Å². The van der Waals surface area contributed by atoms with Gasteiger partial charge in [-0.3, -0.25) is 14.3 Å². The van der Waals surface area contributed by atoms with Gasteiger partial charge in [-0.2, -0.15) is 9.78 Å². The van der Waals surface area contributed by atoms with Crippen molar-refractivity contribution in [2.24, 2.45) is 11.7 Å². The lowest BCUT2D eigenvalue weighted by Crippen LogP contribution is -2.45. The Morgan fingerprint density at radius 3 is 2.30 bits per heavy atom. The van der Waals surface area contributed by atoms with Gasteiger partial charge >= 0.3 is 6.03 Å². The molecular formula is C52H61N15O6S. The summed E-state index contributed by atoms with van der Waals surface area (Å²) in [5.41, 5.74) is 11.3. The molecule has 9 heterocycles. The molecule has 0 spiro atoms. The van der Waals surface area contributed by atoms with Gasteiger partial charge in [0, 0.05) is 80.4 Å². The van der Waals surface area contributed by atoms with E-state index in [1.165, 1.54) is 16.9 Å². The van der Waals surface area contributed by atoms with Crippen LogP contribution in [0.1, 0.15) is 95.4 Å². The molecule has 2 fully saturated rings. The Bertz CT molecular complexity index is 3000. The standard InChI is InChI=1S/C26H30N8O2S.C26H31N7O4/c1-18-11-21(31-26(30-18)34-16-27-15-29-34)22-13-20(25-28-6-10-37-25)5-7-33(22)9-8-32(2)14-19-3-4-23-24(12-19)36-17-35-23;1-17-12-20(31-25(30-17)32-11-9-28-15-32)24-19(14-23(27)34)4-2-3-10-33(24)26(35)29-8-7-18-5-6-21-22(13-18)37-16-36-21/h3-4,6,10-12,15-16,20,22H,5,7-9,13-14,17H2,1-2H3;5-6,9,11-13,15,19,24H,2-4,7-8,10,14,16H2,1H3,(H2,27,34)(H,29,35). The van der Waals surface area contributed by atoms with Gasteiger partial charge in [0.25, 0.3) is 5.95 Å². The fourth-order valence-electron chi connectivity index (χ4n) is 10.2. The average molecular weight is 1020 g/mol. The lowest BCUT2D eigenvalue weighted by Gasteiger charge is -2.39. The molecule has 11 rings (SSSR count). The summed E-state index contributed by atoms with van der Waals surface area (Å²) in [5, 5.41) is 10.6. The molecule has 21 nitrogen and oxygen atoms in total. The van der Waals surface area contributed by atoms with Gasteiger partial charge in [0.15, 0.2) is 23.0 Å². The molecule has 5 aromatic heterocycles. The summed E-state index contributed by atoms with van der Waals surface area (Å²) in [4.78, 5) is 63.9. The van der Waals surface area contributed by atoms with E-state index in [4.69, 9.17) is 34.6 Å². The molecule has 22 heteroatoms. The van der Waals surface area contributed by atoms with Crippen LogP contribution in [0.3, 0.4) is 0 Å². The molecule has 4 aliphatic rings. The number of imidazole rings is 1. The van der Waals surface area contributed by atoms with E-state index in [9.17, 15) is 9.59 Å². The van der Waals surface area contributed by atoms with Crippen LogP contribution in [0.25, 0.3) is 11.9 Å². The highest BCUT2D eigenvalue weighted by molar-refractivity contribution is 7.09. The summed E-state index contributed by atoms with van der Waals surface area (Å²) >= 11 is 1.75. The van der Waals surface area contributed by atoms with Crippen molar-refractivity contribution in [3.63, 3.8) is 0 Å². The molecule has 0 bridgehead atoms. The normalized spacial score (nSPS) is 19.2. The number of aryl methyl sites for hydroxylation is 2. The Balaban J connectivity index is 0.000000169. The molecule has 2 aromatic carbocycles. The fraction of sp³-hybridized carbons (Fsp3) is 0.423. The molecule has 74 heavy (non-hydrogen) atoms. The number of rotatable bonds is 15. The number of thiazole rings is 1. The van der Waals surface area contributed by atoms with Crippen molar-refractivity contribution in [3.8, 4) is 34.9 Å². The second-order valence-corrected chi connectivity index (χ2v) is 20.0. The van der Waals surface area contributed by atoms with Crippen LogP contribution < -0.4 is 30.0 Å². The molecule has 3 amide bonds. The van der Waals surface area contributed by atoms with Gasteiger partial charge < -0.3 is 39.8 Å². The van der Waals surface area contributed by atoms with Crippen LogP contribution in [0.2, 0.25) is 0 Å². The zero-order valence-corrected chi connectivity index (χ0v) is 42.6. The van der Waals surface area contributed by atoms with Crippen molar-refractivity contribution in [1.82, 2.24) is 69.3 Å². The average Bonchev–Trinajstić information content (AvgIpc) is 4.27. The molecule has 386 valence electrons. The number of benzene rings is 2. The van der Waals surface area contributed by atoms with Gasteiger partial charge in [-0.1, -0.05) is 18.6 Å². The maximum Gasteiger partial charge on any atom is 0.317 e. The second-order valence-electron chi connectivity index (χ2n) is 19.1. The quantitative estimate of drug-likeness (QED) is 0.115. The lowest BCUT2D eigenvalue weighted by molar-refractivity contribution is -0.119. The van der Waals surface area contributed by atoms with Crippen LogP contribution in [-0.2, 0) is 17.8 Å². The number of likely N-dealkylation sites (N-methyl/N-ethyl adjacent to an activating group) is 1. The number of hydrogen-bond donors (Lipinski definition) is 2. The van der Waals surface area contributed by atoms with Crippen LogP contribution in [-0.4, -0.2) is 129 Å². The number of carbonyl (C=O) groups is 2. The number of nitrogens with two attached hydrogens (primary N) is 1. The maximum atomic E-state index is 13.5. The first-order valence-electron chi connectivity index (χ1n) is 25.1. The molecule has 0 aliphatic carbocycles. The molecule has 7 aromatic rings. The molecule has 3 N–H and O–H groups in total. The van der Waals surface area contributed by atoms with Crippen LogP contribution in [0.4, 0.5) is 4.79 Å². The van der Waals surface area contributed by atoms with E-state index in [0.717, 1.165) is 104 Å². The highest BCUT2D eigenvalue weighted by Crippen LogP contribution is 2.41. The van der Waals surface area contributed by atoms with E-state index >= 15 is 0 Å². The third-order valence-corrected chi connectivity index (χ3v) is 14.7. The summed E-state index contributed by atoms with van der Waals surface area (Å²) < 4.78 is 25.2. The molecule has 4 aliphatic heterocycles.